The van der Waals surface area contributed by atoms with E-state index in [2.05, 4.69) is 10.3 Å². The number of rotatable bonds is 6. The van der Waals surface area contributed by atoms with E-state index in [1.165, 1.54) is 0 Å². The zero-order valence-corrected chi connectivity index (χ0v) is 15.6. The van der Waals surface area contributed by atoms with Crippen LogP contribution in [0.5, 0.6) is 0 Å². The van der Waals surface area contributed by atoms with Crippen LogP contribution in [0.3, 0.4) is 0 Å². The lowest BCUT2D eigenvalue weighted by molar-refractivity contribution is -0.132. The van der Waals surface area contributed by atoms with E-state index in [1.807, 2.05) is 29.2 Å². The number of amides is 1. The molecule has 1 unspecified atom stereocenters. The van der Waals surface area contributed by atoms with Crippen molar-refractivity contribution in [2.24, 2.45) is 0 Å². The van der Waals surface area contributed by atoms with Crippen LogP contribution in [0.1, 0.15) is 36.9 Å². The van der Waals surface area contributed by atoms with Crippen molar-refractivity contribution in [1.82, 2.24) is 15.2 Å². The van der Waals surface area contributed by atoms with Gasteiger partial charge in [0.25, 0.3) is 5.56 Å². The Hall–Kier alpha value is -2.18. The molecule has 6 nitrogen and oxygen atoms in total. The second kappa shape index (κ2) is 8.23. The molecule has 2 N–H and O–H groups in total. The minimum Gasteiger partial charge on any atom is -0.377 e. The van der Waals surface area contributed by atoms with E-state index in [0.29, 0.717) is 37.4 Å². The number of carbonyl (C=O) groups is 1. The van der Waals surface area contributed by atoms with Crippen LogP contribution in [0.4, 0.5) is 0 Å². The first-order valence-electron chi connectivity index (χ1n) is 9.95. The van der Waals surface area contributed by atoms with Crippen molar-refractivity contribution in [3.63, 3.8) is 0 Å². The van der Waals surface area contributed by atoms with Gasteiger partial charge >= 0.3 is 0 Å². The molecule has 3 heterocycles. The van der Waals surface area contributed by atoms with Gasteiger partial charge in [-0.15, -0.1) is 0 Å². The molecule has 1 aromatic heterocycles. The minimum absolute atomic E-state index is 0.0403. The Labute approximate surface area is 158 Å². The van der Waals surface area contributed by atoms with Crippen LogP contribution in [-0.4, -0.2) is 48.1 Å². The molecule has 1 saturated heterocycles. The van der Waals surface area contributed by atoms with Gasteiger partial charge in [-0.3, -0.25) is 9.59 Å². The summed E-state index contributed by atoms with van der Waals surface area (Å²) in [7, 11) is 0. The van der Waals surface area contributed by atoms with Crippen LogP contribution in [0, 0.1) is 0 Å². The molecule has 0 radical (unpaired) electrons. The second-order valence-corrected chi connectivity index (χ2v) is 7.46. The Kier molecular flexibility index (Phi) is 5.55. The van der Waals surface area contributed by atoms with E-state index in [-0.39, 0.29) is 11.5 Å². The fraction of sp³-hybridized carbons (Fsp3) is 0.524. The molecule has 0 spiro atoms. The fourth-order valence-corrected chi connectivity index (χ4v) is 4.10. The molecule has 1 atom stereocenters. The van der Waals surface area contributed by atoms with Crippen LogP contribution >= 0.6 is 0 Å². The number of nitrogens with one attached hydrogen (secondary N) is 2. The maximum absolute atomic E-state index is 12.6. The normalized spacial score (nSPS) is 19.4. The number of H-pyrrole nitrogens is 1. The van der Waals surface area contributed by atoms with Crippen LogP contribution in [-0.2, 0) is 22.5 Å². The molecule has 2 aliphatic rings. The van der Waals surface area contributed by atoms with E-state index in [4.69, 9.17) is 4.74 Å². The van der Waals surface area contributed by atoms with Crippen molar-refractivity contribution in [3.8, 4) is 0 Å². The molecule has 0 bridgehead atoms. The van der Waals surface area contributed by atoms with Crippen molar-refractivity contribution in [2.45, 2.75) is 44.8 Å². The number of nitrogens with zero attached hydrogens (tertiary/aromatic N) is 1. The van der Waals surface area contributed by atoms with Crippen molar-refractivity contribution in [2.75, 3.05) is 26.2 Å². The summed E-state index contributed by atoms with van der Waals surface area (Å²) in [6.45, 7) is 3.84. The number of ether oxygens (including phenoxy) is 1. The van der Waals surface area contributed by atoms with Crippen LogP contribution in [0.15, 0.2) is 29.1 Å². The standard InChI is InChI=1S/C21H27N3O3/c25-20(8-3-10-22-13-15-5-4-12-27-15)24-11-9-19-18(14-24)16-6-1-2-7-17(16)21(26)23-19/h1-2,6-7,15,22H,3-5,8-14H2,(H,23,26). The van der Waals surface area contributed by atoms with Gasteiger partial charge in [0.2, 0.25) is 5.91 Å². The molecule has 27 heavy (non-hydrogen) atoms. The number of benzene rings is 1. The third-order valence-corrected chi connectivity index (χ3v) is 5.60. The highest BCUT2D eigenvalue weighted by Crippen LogP contribution is 2.24. The Bertz CT molecular complexity index is 871. The Morgan fingerprint density at radius 1 is 1.30 bits per heavy atom. The van der Waals surface area contributed by atoms with Gasteiger partial charge in [-0.2, -0.15) is 0 Å². The van der Waals surface area contributed by atoms with Crippen molar-refractivity contribution in [1.29, 1.82) is 0 Å². The molecular weight excluding hydrogens is 342 g/mol. The minimum atomic E-state index is -0.0403. The maximum Gasteiger partial charge on any atom is 0.256 e. The monoisotopic (exact) mass is 369 g/mol. The first kappa shape index (κ1) is 18.2. The predicted molar refractivity (Wildman–Crippen MR) is 105 cm³/mol. The Morgan fingerprint density at radius 3 is 2.96 bits per heavy atom. The van der Waals surface area contributed by atoms with Gasteiger partial charge in [-0.05, 0) is 42.8 Å². The molecule has 0 saturated carbocycles. The number of pyridine rings is 1. The topological polar surface area (TPSA) is 74.4 Å². The molecule has 2 aromatic rings. The zero-order chi connectivity index (χ0) is 18.6. The fourth-order valence-electron chi connectivity index (χ4n) is 4.10. The lowest BCUT2D eigenvalue weighted by Crippen LogP contribution is -2.37. The second-order valence-electron chi connectivity index (χ2n) is 7.46. The lowest BCUT2D eigenvalue weighted by Gasteiger charge is -2.29. The van der Waals surface area contributed by atoms with Crippen molar-refractivity contribution in [3.05, 3.63) is 45.9 Å². The highest BCUT2D eigenvalue weighted by molar-refractivity contribution is 5.86. The van der Waals surface area contributed by atoms with E-state index in [9.17, 15) is 9.59 Å². The molecule has 144 valence electrons. The van der Waals surface area contributed by atoms with Gasteiger partial charge < -0.3 is 19.9 Å². The number of hydrogen-bond acceptors (Lipinski definition) is 4. The van der Waals surface area contributed by atoms with Crippen molar-refractivity contribution < 1.29 is 9.53 Å². The van der Waals surface area contributed by atoms with Gasteiger partial charge in [-0.1, -0.05) is 18.2 Å². The summed E-state index contributed by atoms with van der Waals surface area (Å²) in [5, 5.41) is 5.06. The van der Waals surface area contributed by atoms with E-state index in [1.54, 1.807) is 0 Å². The van der Waals surface area contributed by atoms with Gasteiger partial charge in [0.05, 0.1) is 6.10 Å². The van der Waals surface area contributed by atoms with E-state index >= 15 is 0 Å². The zero-order valence-electron chi connectivity index (χ0n) is 15.6. The number of fused-ring (bicyclic) bond motifs is 3. The SMILES string of the molecule is O=C(CCCNCC1CCCO1)N1CCc2[nH]c(=O)c3ccccc3c2C1. The molecule has 1 amide bonds. The number of carbonyl (C=O) groups excluding carboxylic acids is 1. The summed E-state index contributed by atoms with van der Waals surface area (Å²) in [6.07, 6.45) is 4.72. The largest absolute Gasteiger partial charge is 0.377 e. The summed E-state index contributed by atoms with van der Waals surface area (Å²) < 4.78 is 5.59. The highest BCUT2D eigenvalue weighted by atomic mass is 16.5. The number of aromatic amines is 1. The third-order valence-electron chi connectivity index (χ3n) is 5.60. The van der Waals surface area contributed by atoms with Crippen LogP contribution in [0.2, 0.25) is 0 Å². The Morgan fingerprint density at radius 2 is 2.15 bits per heavy atom. The van der Waals surface area contributed by atoms with Crippen LogP contribution in [0.25, 0.3) is 10.8 Å². The third kappa shape index (κ3) is 4.06. The quantitative estimate of drug-likeness (QED) is 0.764. The first-order chi connectivity index (χ1) is 13.2. The first-order valence-corrected chi connectivity index (χ1v) is 9.95. The molecule has 4 rings (SSSR count). The molecular formula is C21H27N3O3. The molecule has 0 aliphatic carbocycles. The van der Waals surface area contributed by atoms with Gasteiger partial charge in [0.1, 0.15) is 0 Å². The summed E-state index contributed by atoms with van der Waals surface area (Å²) in [5.41, 5.74) is 2.02. The molecule has 2 aliphatic heterocycles. The van der Waals surface area contributed by atoms with Gasteiger partial charge in [0, 0.05) is 50.2 Å². The van der Waals surface area contributed by atoms with E-state index < -0.39 is 0 Å². The predicted octanol–water partition coefficient (Wildman–Crippen LogP) is 1.96. The summed E-state index contributed by atoms with van der Waals surface area (Å²) in [6, 6.07) is 7.64. The highest BCUT2D eigenvalue weighted by Gasteiger charge is 2.23. The van der Waals surface area contributed by atoms with Gasteiger partial charge in [-0.25, -0.2) is 0 Å². The maximum atomic E-state index is 12.6. The average molecular weight is 369 g/mol. The van der Waals surface area contributed by atoms with E-state index in [0.717, 1.165) is 55.6 Å². The summed E-state index contributed by atoms with van der Waals surface area (Å²) in [4.78, 5) is 29.8. The summed E-state index contributed by atoms with van der Waals surface area (Å²) in [5.74, 6) is 0.190. The summed E-state index contributed by atoms with van der Waals surface area (Å²) >= 11 is 0. The Balaban J connectivity index is 1.33. The smallest absolute Gasteiger partial charge is 0.256 e. The number of hydrogen-bond donors (Lipinski definition) is 2. The lowest BCUT2D eigenvalue weighted by atomic mass is 9.98. The van der Waals surface area contributed by atoms with Gasteiger partial charge in [0.15, 0.2) is 0 Å². The van der Waals surface area contributed by atoms with Crippen LogP contribution < -0.4 is 10.9 Å². The number of aromatic nitrogens is 1. The molecule has 1 fully saturated rings. The molecule has 1 aromatic carbocycles. The molecule has 6 heteroatoms. The van der Waals surface area contributed by atoms with Crippen molar-refractivity contribution >= 4 is 16.7 Å². The average Bonchev–Trinajstić information content (AvgIpc) is 3.21.